The molecule has 1 N–H and O–H groups in total. The van der Waals surface area contributed by atoms with E-state index >= 15 is 0 Å². The highest BCUT2D eigenvalue weighted by atomic mass is 32.1. The van der Waals surface area contributed by atoms with Crippen LogP contribution in [0.4, 0.5) is 0 Å². The van der Waals surface area contributed by atoms with Crippen molar-refractivity contribution in [2.75, 3.05) is 0 Å². The van der Waals surface area contributed by atoms with Crippen molar-refractivity contribution < 1.29 is 0 Å². The molecular weight excluding hydrogens is 280 g/mol. The third-order valence-corrected chi connectivity index (χ3v) is 4.71. The molecule has 21 heavy (non-hydrogen) atoms. The molecule has 0 aromatic carbocycles. The molecule has 3 rings (SSSR count). The predicted octanol–water partition coefficient (Wildman–Crippen LogP) is 4.22. The van der Waals surface area contributed by atoms with Gasteiger partial charge in [0.25, 0.3) is 0 Å². The summed E-state index contributed by atoms with van der Waals surface area (Å²) in [6.45, 7) is 4.70. The summed E-state index contributed by atoms with van der Waals surface area (Å²) < 4.78 is 2.46. The van der Waals surface area contributed by atoms with Gasteiger partial charge in [0, 0.05) is 24.7 Å². The van der Waals surface area contributed by atoms with Gasteiger partial charge < -0.3 is 4.98 Å². The van der Waals surface area contributed by atoms with Crippen molar-refractivity contribution in [1.29, 1.82) is 0 Å². The lowest BCUT2D eigenvalue weighted by Crippen LogP contribution is -2.21. The van der Waals surface area contributed by atoms with Gasteiger partial charge in [-0.15, -0.1) is 0 Å². The second-order valence-electron chi connectivity index (χ2n) is 6.86. The molecule has 1 fully saturated rings. The van der Waals surface area contributed by atoms with Crippen molar-refractivity contribution >= 4 is 12.2 Å². The number of rotatable bonds is 2. The molecule has 1 aliphatic rings. The molecule has 0 bridgehead atoms. The van der Waals surface area contributed by atoms with Crippen molar-refractivity contribution in [3.8, 4) is 11.3 Å². The van der Waals surface area contributed by atoms with E-state index in [1.54, 1.807) is 4.68 Å². The third kappa shape index (κ3) is 3.23. The quantitative estimate of drug-likeness (QED) is 0.845. The Morgan fingerprint density at radius 1 is 1.33 bits per heavy atom. The van der Waals surface area contributed by atoms with Crippen LogP contribution in [-0.2, 0) is 7.05 Å². The zero-order valence-corrected chi connectivity index (χ0v) is 13.7. The normalized spacial score (nSPS) is 18.8. The number of aryl methyl sites for hydroxylation is 1. The molecule has 2 heterocycles. The van der Waals surface area contributed by atoms with Gasteiger partial charge >= 0.3 is 0 Å². The average molecular weight is 302 g/mol. The Morgan fingerprint density at radius 2 is 2.05 bits per heavy atom. The van der Waals surface area contributed by atoms with Crippen LogP contribution >= 0.6 is 12.2 Å². The maximum atomic E-state index is 5.35. The Balaban J connectivity index is 1.90. The highest BCUT2D eigenvalue weighted by molar-refractivity contribution is 7.71. The van der Waals surface area contributed by atoms with Gasteiger partial charge in [0.1, 0.15) is 10.5 Å². The Morgan fingerprint density at radius 3 is 2.67 bits per heavy atom. The number of nitrogens with zero attached hydrogens (tertiary/aromatic N) is 3. The smallest absolute Gasteiger partial charge is 0.130 e. The van der Waals surface area contributed by atoms with Crippen LogP contribution < -0.4 is 0 Å². The van der Waals surface area contributed by atoms with E-state index in [9.17, 15) is 0 Å². The Hall–Kier alpha value is -1.49. The van der Waals surface area contributed by atoms with Crippen LogP contribution in [0, 0.1) is 10.1 Å². The van der Waals surface area contributed by atoms with Crippen LogP contribution in [0.1, 0.15) is 51.3 Å². The molecule has 2 aromatic heterocycles. The fourth-order valence-corrected chi connectivity index (χ4v) is 3.27. The monoisotopic (exact) mass is 302 g/mol. The number of aromatic amines is 1. The van der Waals surface area contributed by atoms with Gasteiger partial charge in [-0.1, -0.05) is 26.1 Å². The second-order valence-corrected chi connectivity index (χ2v) is 7.28. The molecule has 5 heteroatoms. The van der Waals surface area contributed by atoms with Gasteiger partial charge in [0.05, 0.1) is 11.9 Å². The van der Waals surface area contributed by atoms with Gasteiger partial charge in [-0.25, -0.2) is 4.98 Å². The van der Waals surface area contributed by atoms with Crippen molar-refractivity contribution in [2.24, 2.45) is 12.5 Å². The summed E-state index contributed by atoms with van der Waals surface area (Å²) in [5.74, 6) is 1.54. The summed E-state index contributed by atoms with van der Waals surface area (Å²) in [5.41, 5.74) is 2.54. The maximum absolute atomic E-state index is 5.35. The predicted molar refractivity (Wildman–Crippen MR) is 86.6 cm³/mol. The molecule has 1 saturated carbocycles. The van der Waals surface area contributed by atoms with Gasteiger partial charge in [-0.05, 0) is 37.2 Å². The van der Waals surface area contributed by atoms with Crippen molar-refractivity contribution in [3.05, 3.63) is 28.9 Å². The van der Waals surface area contributed by atoms with E-state index in [4.69, 9.17) is 12.2 Å². The molecule has 0 radical (unpaired) electrons. The summed E-state index contributed by atoms with van der Waals surface area (Å²) >= 11 is 5.35. The number of hydrogen-bond acceptors (Lipinski definition) is 3. The minimum Gasteiger partial charge on any atom is -0.343 e. The lowest BCUT2D eigenvalue weighted by Gasteiger charge is -2.33. The fourth-order valence-electron chi connectivity index (χ4n) is 3.06. The molecule has 0 atom stereocenters. The second kappa shape index (κ2) is 5.37. The van der Waals surface area contributed by atoms with Crippen LogP contribution in [0.2, 0.25) is 0 Å². The molecular formula is C16H22N4S. The first-order valence-corrected chi connectivity index (χ1v) is 7.94. The van der Waals surface area contributed by atoms with Crippen LogP contribution in [0.25, 0.3) is 11.3 Å². The number of hydrogen-bond donors (Lipinski definition) is 1. The summed E-state index contributed by atoms with van der Waals surface area (Å²) in [7, 11) is 1.92. The first-order valence-electron chi connectivity index (χ1n) is 7.53. The highest BCUT2D eigenvalue weighted by Gasteiger charge is 2.28. The minimum atomic E-state index is 0.467. The highest BCUT2D eigenvalue weighted by Crippen LogP contribution is 2.41. The minimum absolute atomic E-state index is 0.467. The zero-order valence-electron chi connectivity index (χ0n) is 12.9. The summed E-state index contributed by atoms with van der Waals surface area (Å²) in [6, 6.07) is 1.92. The SMILES string of the molecule is Cn1cc(-c2cc(=S)nc(C3CCC(C)(C)CC3)[nH]2)cn1. The molecule has 0 amide bonds. The van der Waals surface area contributed by atoms with Crippen molar-refractivity contribution in [1.82, 2.24) is 19.7 Å². The fraction of sp³-hybridized carbons (Fsp3) is 0.562. The van der Waals surface area contributed by atoms with Crippen molar-refractivity contribution in [3.63, 3.8) is 0 Å². The maximum Gasteiger partial charge on any atom is 0.130 e. The van der Waals surface area contributed by atoms with Crippen molar-refractivity contribution in [2.45, 2.75) is 45.4 Å². The van der Waals surface area contributed by atoms with Crippen LogP contribution in [0.15, 0.2) is 18.5 Å². The molecule has 0 aliphatic heterocycles. The molecule has 0 unspecified atom stereocenters. The van der Waals surface area contributed by atoms with Crippen LogP contribution in [0.5, 0.6) is 0 Å². The van der Waals surface area contributed by atoms with Gasteiger partial charge in [0.2, 0.25) is 0 Å². The molecule has 1 aliphatic carbocycles. The van der Waals surface area contributed by atoms with E-state index in [1.807, 2.05) is 25.5 Å². The van der Waals surface area contributed by atoms with E-state index in [0.29, 0.717) is 16.0 Å². The Labute approximate surface area is 130 Å². The Kier molecular flexibility index (Phi) is 3.69. The van der Waals surface area contributed by atoms with E-state index in [2.05, 4.69) is 28.9 Å². The van der Waals surface area contributed by atoms with Gasteiger partial charge in [-0.2, -0.15) is 5.10 Å². The average Bonchev–Trinajstić information content (AvgIpc) is 2.85. The lowest BCUT2D eigenvalue weighted by atomic mass is 9.73. The number of nitrogens with one attached hydrogen (secondary N) is 1. The van der Waals surface area contributed by atoms with E-state index in [-0.39, 0.29) is 0 Å². The van der Waals surface area contributed by atoms with E-state index in [1.165, 1.54) is 25.7 Å². The topological polar surface area (TPSA) is 46.5 Å². The van der Waals surface area contributed by atoms with Gasteiger partial charge in [0.15, 0.2) is 0 Å². The summed E-state index contributed by atoms with van der Waals surface area (Å²) in [5, 5.41) is 4.23. The summed E-state index contributed by atoms with van der Waals surface area (Å²) in [4.78, 5) is 8.05. The molecule has 4 nitrogen and oxygen atoms in total. The van der Waals surface area contributed by atoms with Gasteiger partial charge in [-0.3, -0.25) is 4.68 Å². The number of H-pyrrole nitrogens is 1. The third-order valence-electron chi connectivity index (χ3n) is 4.50. The Bertz CT molecular complexity index is 688. The first-order chi connectivity index (χ1) is 9.93. The van der Waals surface area contributed by atoms with E-state index < -0.39 is 0 Å². The first kappa shape index (κ1) is 14.4. The van der Waals surface area contributed by atoms with Crippen LogP contribution in [-0.4, -0.2) is 19.7 Å². The van der Waals surface area contributed by atoms with E-state index in [0.717, 1.165) is 17.1 Å². The molecule has 2 aromatic rings. The molecule has 0 saturated heterocycles. The summed E-state index contributed by atoms with van der Waals surface area (Å²) in [6.07, 6.45) is 8.71. The molecule has 112 valence electrons. The number of aromatic nitrogens is 4. The lowest BCUT2D eigenvalue weighted by molar-refractivity contribution is 0.221. The standard InChI is InChI=1S/C16H22N4S/c1-16(2)6-4-11(5-7-16)15-18-13(8-14(21)19-15)12-9-17-20(3)10-12/h8-11H,4-7H2,1-3H3,(H,18,19,21). The molecule has 0 spiro atoms. The largest absolute Gasteiger partial charge is 0.343 e. The van der Waals surface area contributed by atoms with Crippen LogP contribution in [0.3, 0.4) is 0 Å². The zero-order chi connectivity index (χ0) is 15.0.